The van der Waals surface area contributed by atoms with Crippen LogP contribution in [0.5, 0.6) is 0 Å². The smallest absolute Gasteiger partial charge is 0.223 e. The molecule has 2 unspecified atom stereocenters. The lowest BCUT2D eigenvalue weighted by Crippen LogP contribution is -2.57. The normalized spacial score (nSPS) is 28.3. The van der Waals surface area contributed by atoms with Gasteiger partial charge in [-0.15, -0.1) is 0 Å². The molecule has 1 spiro atoms. The summed E-state index contributed by atoms with van der Waals surface area (Å²) in [6.45, 7) is 7.34. The van der Waals surface area contributed by atoms with E-state index < -0.39 is 0 Å². The Hall–Kier alpha value is -0.570. The third kappa shape index (κ3) is 3.71. The lowest BCUT2D eigenvalue weighted by atomic mass is 9.75. The van der Waals surface area contributed by atoms with Crippen LogP contribution >= 0.6 is 0 Å². The van der Waals surface area contributed by atoms with Gasteiger partial charge in [0.1, 0.15) is 0 Å². The number of carbonyl (C=O) groups is 1. The van der Waals surface area contributed by atoms with Crippen LogP contribution < -0.4 is 10.6 Å². The Morgan fingerprint density at radius 1 is 1.21 bits per heavy atom. The molecule has 1 saturated heterocycles. The predicted octanol–water partition coefficient (Wildman–Crippen LogP) is 2.85. The molecule has 0 aromatic rings. The van der Waals surface area contributed by atoms with Crippen LogP contribution in [0, 0.1) is 11.8 Å². The maximum absolute atomic E-state index is 12.2. The first kappa shape index (κ1) is 14.8. The van der Waals surface area contributed by atoms with Gasteiger partial charge in [-0.3, -0.25) is 4.79 Å². The summed E-state index contributed by atoms with van der Waals surface area (Å²) in [5, 5.41) is 7.03. The highest BCUT2D eigenvalue weighted by atomic mass is 16.1. The van der Waals surface area contributed by atoms with E-state index in [1.165, 1.54) is 32.1 Å². The molecule has 110 valence electrons. The van der Waals surface area contributed by atoms with Crippen LogP contribution in [0.4, 0.5) is 0 Å². The van der Waals surface area contributed by atoms with Crippen molar-refractivity contribution in [3.05, 3.63) is 0 Å². The Morgan fingerprint density at radius 3 is 2.53 bits per heavy atom. The molecule has 2 rings (SSSR count). The minimum Gasteiger partial charge on any atom is -0.353 e. The minimum atomic E-state index is 0.122. The standard InChI is InChI=1S/C16H30N2O/c1-12(2)13(3)15(19)18-14-7-10-17-16(11-14)8-5-4-6-9-16/h12-14,17H,4-11H2,1-3H3,(H,18,19). The molecule has 1 aliphatic heterocycles. The van der Waals surface area contributed by atoms with Crippen LogP contribution in [0.1, 0.15) is 65.7 Å². The molecule has 3 heteroatoms. The molecule has 1 amide bonds. The molecule has 1 aliphatic carbocycles. The topological polar surface area (TPSA) is 41.1 Å². The summed E-state index contributed by atoms with van der Waals surface area (Å²) in [5.41, 5.74) is 0.329. The lowest BCUT2D eigenvalue weighted by molar-refractivity contribution is -0.126. The van der Waals surface area contributed by atoms with Gasteiger partial charge >= 0.3 is 0 Å². The van der Waals surface area contributed by atoms with Crippen molar-refractivity contribution in [2.45, 2.75) is 77.3 Å². The van der Waals surface area contributed by atoms with E-state index in [0.29, 0.717) is 17.5 Å². The average Bonchev–Trinajstić information content (AvgIpc) is 2.38. The molecule has 1 heterocycles. The fourth-order valence-electron chi connectivity index (χ4n) is 3.53. The van der Waals surface area contributed by atoms with E-state index in [4.69, 9.17) is 0 Å². The highest BCUT2D eigenvalue weighted by Gasteiger charge is 2.37. The molecule has 0 aromatic carbocycles. The Morgan fingerprint density at radius 2 is 1.89 bits per heavy atom. The highest BCUT2D eigenvalue weighted by molar-refractivity contribution is 5.78. The van der Waals surface area contributed by atoms with E-state index in [1.54, 1.807) is 0 Å². The van der Waals surface area contributed by atoms with E-state index in [2.05, 4.69) is 24.5 Å². The van der Waals surface area contributed by atoms with Gasteiger partial charge in [-0.1, -0.05) is 40.0 Å². The van der Waals surface area contributed by atoms with E-state index in [-0.39, 0.29) is 11.8 Å². The monoisotopic (exact) mass is 266 g/mol. The summed E-state index contributed by atoms with van der Waals surface area (Å²) in [5.74, 6) is 0.787. The van der Waals surface area contributed by atoms with Gasteiger partial charge in [0.15, 0.2) is 0 Å². The molecule has 2 atom stereocenters. The zero-order valence-corrected chi connectivity index (χ0v) is 12.8. The second-order valence-corrected chi connectivity index (χ2v) is 7.00. The van der Waals surface area contributed by atoms with E-state index in [9.17, 15) is 4.79 Å². The quantitative estimate of drug-likeness (QED) is 0.824. The van der Waals surface area contributed by atoms with Crippen LogP contribution in [-0.4, -0.2) is 24.0 Å². The minimum absolute atomic E-state index is 0.122. The Bertz CT molecular complexity index is 302. The summed E-state index contributed by atoms with van der Waals surface area (Å²) < 4.78 is 0. The third-order valence-corrected chi connectivity index (χ3v) is 5.20. The van der Waals surface area contributed by atoms with Crippen molar-refractivity contribution >= 4 is 5.91 Å². The molecule has 1 saturated carbocycles. The summed E-state index contributed by atoms with van der Waals surface area (Å²) in [6, 6.07) is 0.382. The van der Waals surface area contributed by atoms with Crippen molar-refractivity contribution in [1.82, 2.24) is 10.6 Å². The summed E-state index contributed by atoms with van der Waals surface area (Å²) in [4.78, 5) is 12.2. The number of hydrogen-bond acceptors (Lipinski definition) is 2. The molecule has 2 aliphatic rings. The van der Waals surface area contributed by atoms with Crippen molar-refractivity contribution in [2.24, 2.45) is 11.8 Å². The second-order valence-electron chi connectivity index (χ2n) is 7.00. The molecular weight excluding hydrogens is 236 g/mol. The molecular formula is C16H30N2O. The fraction of sp³-hybridized carbons (Fsp3) is 0.938. The molecule has 0 bridgehead atoms. The highest BCUT2D eigenvalue weighted by Crippen LogP contribution is 2.34. The third-order valence-electron chi connectivity index (χ3n) is 5.20. The predicted molar refractivity (Wildman–Crippen MR) is 79.0 cm³/mol. The van der Waals surface area contributed by atoms with E-state index in [0.717, 1.165) is 19.4 Å². The lowest BCUT2D eigenvalue weighted by Gasteiger charge is -2.45. The molecule has 19 heavy (non-hydrogen) atoms. The number of amides is 1. The van der Waals surface area contributed by atoms with Crippen LogP contribution in [0.3, 0.4) is 0 Å². The van der Waals surface area contributed by atoms with Crippen LogP contribution in [0.15, 0.2) is 0 Å². The number of rotatable bonds is 3. The summed E-state index contributed by atoms with van der Waals surface area (Å²) >= 11 is 0. The number of hydrogen-bond donors (Lipinski definition) is 2. The van der Waals surface area contributed by atoms with Gasteiger partial charge in [-0.25, -0.2) is 0 Å². The first-order valence-corrected chi connectivity index (χ1v) is 8.08. The van der Waals surface area contributed by atoms with Gasteiger partial charge in [0.05, 0.1) is 0 Å². The number of piperidine rings is 1. The van der Waals surface area contributed by atoms with Gasteiger partial charge in [0, 0.05) is 17.5 Å². The average molecular weight is 266 g/mol. The fourth-order valence-corrected chi connectivity index (χ4v) is 3.53. The molecule has 0 aromatic heterocycles. The maximum atomic E-state index is 12.2. The molecule has 2 fully saturated rings. The van der Waals surface area contributed by atoms with Crippen LogP contribution in [0.25, 0.3) is 0 Å². The first-order chi connectivity index (χ1) is 9.02. The van der Waals surface area contributed by atoms with E-state index in [1.807, 2.05) is 6.92 Å². The summed E-state index contributed by atoms with van der Waals surface area (Å²) in [6.07, 6.45) is 8.86. The SMILES string of the molecule is CC(C)C(C)C(=O)NC1CCNC2(CCCCC2)C1. The number of nitrogens with one attached hydrogen (secondary N) is 2. The Kier molecular flexibility index (Phi) is 4.88. The summed E-state index contributed by atoms with van der Waals surface area (Å²) in [7, 11) is 0. The van der Waals surface area contributed by atoms with Crippen molar-refractivity contribution in [2.75, 3.05) is 6.54 Å². The van der Waals surface area contributed by atoms with Crippen molar-refractivity contribution < 1.29 is 4.79 Å². The van der Waals surface area contributed by atoms with Crippen LogP contribution in [-0.2, 0) is 4.79 Å². The van der Waals surface area contributed by atoms with Gasteiger partial charge in [-0.05, 0) is 38.1 Å². The zero-order valence-electron chi connectivity index (χ0n) is 12.8. The van der Waals surface area contributed by atoms with Gasteiger partial charge < -0.3 is 10.6 Å². The Balaban J connectivity index is 1.89. The van der Waals surface area contributed by atoms with Crippen LogP contribution in [0.2, 0.25) is 0 Å². The van der Waals surface area contributed by atoms with Crippen molar-refractivity contribution in [1.29, 1.82) is 0 Å². The Labute approximate surface area is 117 Å². The zero-order chi connectivity index (χ0) is 13.9. The van der Waals surface area contributed by atoms with Crippen molar-refractivity contribution in [3.8, 4) is 0 Å². The first-order valence-electron chi connectivity index (χ1n) is 8.08. The molecule has 2 N–H and O–H groups in total. The molecule has 0 radical (unpaired) electrons. The molecule has 3 nitrogen and oxygen atoms in total. The number of carbonyl (C=O) groups excluding carboxylic acids is 1. The van der Waals surface area contributed by atoms with Crippen molar-refractivity contribution in [3.63, 3.8) is 0 Å². The largest absolute Gasteiger partial charge is 0.353 e. The second kappa shape index (κ2) is 6.25. The maximum Gasteiger partial charge on any atom is 0.223 e. The van der Waals surface area contributed by atoms with Gasteiger partial charge in [0.2, 0.25) is 5.91 Å². The van der Waals surface area contributed by atoms with Gasteiger partial charge in [0.25, 0.3) is 0 Å². The van der Waals surface area contributed by atoms with Gasteiger partial charge in [-0.2, -0.15) is 0 Å². The van der Waals surface area contributed by atoms with E-state index >= 15 is 0 Å².